The molecule has 1 aromatic rings. The van der Waals surface area contributed by atoms with Gasteiger partial charge < -0.3 is 9.47 Å². The van der Waals surface area contributed by atoms with Gasteiger partial charge in [0.15, 0.2) is 0 Å². The number of amides is 1. The molecule has 15 heteroatoms. The molecule has 1 aromatic carbocycles. The number of nitrogens with one attached hydrogen (secondary N) is 1. The third-order valence-corrected chi connectivity index (χ3v) is 4.61. The van der Waals surface area contributed by atoms with Crippen LogP contribution in [0.2, 0.25) is 0 Å². The molecule has 0 aliphatic rings. The van der Waals surface area contributed by atoms with E-state index in [-0.39, 0.29) is 12.3 Å². The van der Waals surface area contributed by atoms with Gasteiger partial charge in [-0.1, -0.05) is 45.1 Å². The molecule has 1 N–H and O–H groups in total. The summed E-state index contributed by atoms with van der Waals surface area (Å²) in [5.74, 6) is -26.7. The highest BCUT2D eigenvalue weighted by atomic mass is 19.4. The molecule has 1 amide bonds. The van der Waals surface area contributed by atoms with Crippen LogP contribution in [-0.2, 0) is 4.74 Å². The molecule has 4 nitrogen and oxygen atoms in total. The molecule has 0 aliphatic heterocycles. The molecule has 0 fully saturated rings. The molecule has 0 spiro atoms. The maximum absolute atomic E-state index is 13.7. The van der Waals surface area contributed by atoms with Crippen LogP contribution in [0.4, 0.5) is 58.8 Å². The van der Waals surface area contributed by atoms with Gasteiger partial charge in [0.25, 0.3) is 0 Å². The first-order valence-electron chi connectivity index (χ1n) is 10.5. The molecule has 0 bridgehead atoms. The van der Waals surface area contributed by atoms with Crippen LogP contribution < -0.4 is 10.1 Å². The largest absolute Gasteiger partial charge is 0.460 e. The quantitative estimate of drug-likeness (QED) is 0.154. The van der Waals surface area contributed by atoms with Crippen LogP contribution in [0.1, 0.15) is 45.4 Å². The SMILES string of the molecule is CCCCCCCCOC(=O)Nc1cccc(OC(F)=C(F)C(F)(F)C(F)(F)C(F)(F)C(F)(F)F)c1. The van der Waals surface area contributed by atoms with Gasteiger partial charge in [-0.3, -0.25) is 5.32 Å². The molecule has 206 valence electrons. The summed E-state index contributed by atoms with van der Waals surface area (Å²) in [6, 6.07) is 0.359. The summed E-state index contributed by atoms with van der Waals surface area (Å²) < 4.78 is 152. The number of carbonyl (C=O) groups excluding carboxylic acids is 1. The number of halogens is 11. The van der Waals surface area contributed by atoms with Crippen LogP contribution >= 0.6 is 0 Å². The van der Waals surface area contributed by atoms with Gasteiger partial charge in [0.1, 0.15) is 5.75 Å². The Hall–Kier alpha value is -2.74. The molecule has 0 atom stereocenters. The number of rotatable bonds is 13. The van der Waals surface area contributed by atoms with Gasteiger partial charge in [0.05, 0.1) is 6.61 Å². The fourth-order valence-corrected chi connectivity index (χ4v) is 2.62. The van der Waals surface area contributed by atoms with Crippen LogP contribution in [-0.4, -0.2) is 36.6 Å². The molecule has 0 aromatic heterocycles. The van der Waals surface area contributed by atoms with E-state index < -0.39 is 47.6 Å². The normalized spacial score (nSPS) is 13.8. The van der Waals surface area contributed by atoms with Gasteiger partial charge in [0, 0.05) is 11.8 Å². The van der Waals surface area contributed by atoms with Crippen molar-refractivity contribution in [1.82, 2.24) is 0 Å². The Morgan fingerprint density at radius 3 is 2.03 bits per heavy atom. The molecule has 0 saturated heterocycles. The van der Waals surface area contributed by atoms with Crippen molar-refractivity contribution in [2.24, 2.45) is 0 Å². The summed E-state index contributed by atoms with van der Waals surface area (Å²) in [7, 11) is 0. The monoisotopic (exact) mass is 545 g/mol. The van der Waals surface area contributed by atoms with E-state index >= 15 is 0 Å². The lowest BCUT2D eigenvalue weighted by atomic mass is 10.0. The minimum Gasteiger partial charge on any atom is -0.449 e. The second-order valence-electron chi connectivity index (χ2n) is 7.47. The van der Waals surface area contributed by atoms with Gasteiger partial charge >= 0.3 is 36.1 Å². The number of anilines is 1. The number of allylic oxidation sites excluding steroid dienone is 1. The zero-order chi connectivity index (χ0) is 27.8. The number of hydrogen-bond donors (Lipinski definition) is 1. The topological polar surface area (TPSA) is 47.6 Å². The minimum atomic E-state index is -7.42. The molecule has 0 radical (unpaired) electrons. The Labute approximate surface area is 198 Å². The van der Waals surface area contributed by atoms with Crippen LogP contribution in [0.25, 0.3) is 0 Å². The fraction of sp³-hybridized carbons (Fsp3) is 0.571. The Morgan fingerprint density at radius 2 is 1.44 bits per heavy atom. The average molecular weight is 545 g/mol. The third-order valence-electron chi connectivity index (χ3n) is 4.61. The lowest BCUT2D eigenvalue weighted by Gasteiger charge is -2.32. The summed E-state index contributed by atoms with van der Waals surface area (Å²) in [6.07, 6.45) is -2.77. The molecule has 0 unspecified atom stereocenters. The van der Waals surface area contributed by atoms with E-state index in [1.54, 1.807) is 0 Å². The second-order valence-corrected chi connectivity index (χ2v) is 7.47. The summed E-state index contributed by atoms with van der Waals surface area (Å²) in [6.45, 7) is 2.09. The fourth-order valence-electron chi connectivity index (χ4n) is 2.62. The van der Waals surface area contributed by atoms with Crippen molar-refractivity contribution in [3.05, 3.63) is 36.1 Å². The van der Waals surface area contributed by atoms with Crippen molar-refractivity contribution < 1.29 is 62.6 Å². The van der Waals surface area contributed by atoms with Crippen LogP contribution in [0.3, 0.4) is 0 Å². The predicted octanol–water partition coefficient (Wildman–Crippen LogP) is 8.55. The smallest absolute Gasteiger partial charge is 0.449 e. The van der Waals surface area contributed by atoms with Gasteiger partial charge in [-0.2, -0.15) is 48.3 Å². The van der Waals surface area contributed by atoms with Crippen LogP contribution in [0.5, 0.6) is 5.75 Å². The van der Waals surface area contributed by atoms with Gasteiger partial charge in [-0.15, -0.1) is 0 Å². The van der Waals surface area contributed by atoms with Crippen molar-refractivity contribution in [2.45, 2.75) is 69.4 Å². The Morgan fingerprint density at radius 1 is 0.861 bits per heavy atom. The Kier molecular flexibility index (Phi) is 10.8. The van der Waals surface area contributed by atoms with Gasteiger partial charge in [0.2, 0.25) is 5.83 Å². The first-order chi connectivity index (χ1) is 16.5. The first kappa shape index (κ1) is 31.3. The van der Waals surface area contributed by atoms with Crippen molar-refractivity contribution >= 4 is 11.8 Å². The standard InChI is InChI=1S/C21H22F11NO3/c1-2-3-4-5-6-7-11-35-17(34)33-13-9-8-10-14(12-13)36-16(23)15(22)18(24,25)19(26,27)20(28,29)21(30,31)32/h8-10,12H,2-7,11H2,1H3,(H,33,34). The van der Waals surface area contributed by atoms with E-state index in [0.717, 1.165) is 50.3 Å². The van der Waals surface area contributed by atoms with E-state index in [2.05, 4.69) is 10.1 Å². The predicted molar refractivity (Wildman–Crippen MR) is 106 cm³/mol. The van der Waals surface area contributed by atoms with E-state index in [1.807, 2.05) is 6.92 Å². The minimum absolute atomic E-state index is 0.0442. The number of ether oxygens (including phenoxy) is 2. The summed E-state index contributed by atoms with van der Waals surface area (Å²) in [5, 5.41) is 2.12. The average Bonchev–Trinajstić information content (AvgIpc) is 2.77. The molecular weight excluding hydrogens is 523 g/mol. The van der Waals surface area contributed by atoms with Crippen LogP contribution in [0.15, 0.2) is 36.1 Å². The molecule has 1 rings (SSSR count). The number of hydrogen-bond acceptors (Lipinski definition) is 3. The summed E-state index contributed by atoms with van der Waals surface area (Å²) in [5.41, 5.74) is -0.227. The third kappa shape index (κ3) is 7.63. The number of benzene rings is 1. The van der Waals surface area contributed by atoms with E-state index in [1.165, 1.54) is 0 Å². The number of unbranched alkanes of at least 4 members (excludes halogenated alkanes) is 5. The van der Waals surface area contributed by atoms with Crippen molar-refractivity contribution in [2.75, 3.05) is 11.9 Å². The highest BCUT2D eigenvalue weighted by Crippen LogP contribution is 2.55. The first-order valence-corrected chi connectivity index (χ1v) is 10.5. The Bertz CT molecular complexity index is 901. The Balaban J connectivity index is 2.86. The number of alkyl halides is 9. The van der Waals surface area contributed by atoms with E-state index in [4.69, 9.17) is 4.74 Å². The van der Waals surface area contributed by atoms with E-state index in [0.29, 0.717) is 12.5 Å². The molecule has 0 saturated carbocycles. The lowest BCUT2D eigenvalue weighted by Crippen LogP contribution is -2.61. The molecule has 0 aliphatic carbocycles. The summed E-state index contributed by atoms with van der Waals surface area (Å²) >= 11 is 0. The van der Waals surface area contributed by atoms with Crippen molar-refractivity contribution in [3.63, 3.8) is 0 Å². The highest BCUT2D eigenvalue weighted by Gasteiger charge is 2.83. The number of carbonyl (C=O) groups is 1. The van der Waals surface area contributed by atoms with Crippen molar-refractivity contribution in [1.29, 1.82) is 0 Å². The summed E-state index contributed by atoms with van der Waals surface area (Å²) in [4.78, 5) is 11.7. The molecule has 0 heterocycles. The van der Waals surface area contributed by atoms with Crippen LogP contribution in [0, 0.1) is 0 Å². The zero-order valence-corrected chi connectivity index (χ0v) is 18.6. The molecule has 36 heavy (non-hydrogen) atoms. The molecular formula is C21H22F11NO3. The lowest BCUT2D eigenvalue weighted by molar-refractivity contribution is -0.392. The van der Waals surface area contributed by atoms with Crippen molar-refractivity contribution in [3.8, 4) is 5.75 Å². The van der Waals surface area contributed by atoms with Gasteiger partial charge in [-0.25, -0.2) is 4.79 Å². The van der Waals surface area contributed by atoms with E-state index in [9.17, 15) is 53.1 Å². The van der Waals surface area contributed by atoms with Gasteiger partial charge in [-0.05, 0) is 18.6 Å². The second kappa shape index (κ2) is 12.5. The zero-order valence-electron chi connectivity index (χ0n) is 18.6. The maximum atomic E-state index is 13.7. The highest BCUT2D eigenvalue weighted by molar-refractivity contribution is 5.84. The maximum Gasteiger partial charge on any atom is 0.460 e.